The largest absolute Gasteiger partial charge is 0.354 e. The maximum Gasteiger partial charge on any atom is 0.257 e. The van der Waals surface area contributed by atoms with Crippen LogP contribution in [0, 0.1) is 5.41 Å². The molecule has 0 saturated carbocycles. The van der Waals surface area contributed by atoms with Gasteiger partial charge in [0.25, 0.3) is 5.91 Å². The van der Waals surface area contributed by atoms with Gasteiger partial charge in [0, 0.05) is 46.4 Å². The monoisotopic (exact) mass is 520 g/mol. The first-order chi connectivity index (χ1) is 15.9. The number of carbonyl (C=O) groups excluding carboxylic acids is 2. The Morgan fingerprint density at radius 1 is 1.09 bits per heavy atom. The van der Waals surface area contributed by atoms with Crippen LogP contribution in [-0.2, 0) is 6.42 Å². The second kappa shape index (κ2) is 11.2. The van der Waals surface area contributed by atoms with Gasteiger partial charge in [-0.05, 0) is 59.5 Å². The van der Waals surface area contributed by atoms with E-state index in [1.54, 1.807) is 48.7 Å². The number of amidine groups is 1. The van der Waals surface area contributed by atoms with E-state index in [-0.39, 0.29) is 25.5 Å². The van der Waals surface area contributed by atoms with Crippen molar-refractivity contribution in [2.24, 2.45) is 0 Å². The van der Waals surface area contributed by atoms with Gasteiger partial charge in [-0.1, -0.05) is 49.9 Å². The first-order valence-electron chi connectivity index (χ1n) is 10.9. The summed E-state index contributed by atoms with van der Waals surface area (Å²) in [6.45, 7) is 3.04. The smallest absolute Gasteiger partial charge is 0.257 e. The van der Waals surface area contributed by atoms with Gasteiger partial charge in [0.1, 0.15) is 11.7 Å². The number of likely N-dealkylation sites (tertiary alicyclic amines) is 1. The molecule has 176 valence electrons. The van der Waals surface area contributed by atoms with E-state index < -0.39 is 0 Å². The molecule has 0 spiro atoms. The molecule has 1 atom stereocenters. The Morgan fingerprint density at radius 3 is 2.44 bits per heavy atom. The summed E-state index contributed by atoms with van der Waals surface area (Å²) in [6, 6.07) is 18.2. The van der Waals surface area contributed by atoms with Gasteiger partial charge >= 0.3 is 0 Å². The highest BCUT2D eigenvalue weighted by atomic mass is 79.9. The number of ketones is 1. The van der Waals surface area contributed by atoms with Gasteiger partial charge in [-0.15, -0.1) is 0 Å². The van der Waals surface area contributed by atoms with Gasteiger partial charge < -0.3 is 10.2 Å². The average molecular weight is 521 g/mol. The molecule has 0 radical (unpaired) electrons. The SMILES string of the molecule is C.CC1CCCN1C(=N)c1ccc(C(=O)Cc2ccccc2C(=O)Nc2ccc(Br)cn2)cc1. The number of amides is 1. The summed E-state index contributed by atoms with van der Waals surface area (Å²) in [4.78, 5) is 32.0. The van der Waals surface area contributed by atoms with Gasteiger partial charge in [-0.25, -0.2) is 4.98 Å². The number of benzene rings is 2. The fraction of sp³-hybridized carbons (Fsp3) is 0.259. The zero-order valence-electron chi connectivity index (χ0n) is 18.3. The fourth-order valence-electron chi connectivity index (χ4n) is 4.05. The van der Waals surface area contributed by atoms with Crippen LogP contribution in [0.15, 0.2) is 71.3 Å². The molecule has 7 heteroatoms. The molecule has 0 bridgehead atoms. The Morgan fingerprint density at radius 2 is 1.79 bits per heavy atom. The predicted octanol–water partition coefficient (Wildman–Crippen LogP) is 5.97. The highest BCUT2D eigenvalue weighted by Gasteiger charge is 2.23. The van der Waals surface area contributed by atoms with E-state index in [0.717, 1.165) is 29.4 Å². The summed E-state index contributed by atoms with van der Waals surface area (Å²) in [5, 5.41) is 11.3. The minimum atomic E-state index is -0.309. The van der Waals surface area contributed by atoms with Crippen LogP contribution >= 0.6 is 15.9 Å². The molecule has 1 aliphatic rings. The number of halogens is 1. The number of aromatic nitrogens is 1. The van der Waals surface area contributed by atoms with Crippen molar-refractivity contribution < 1.29 is 9.59 Å². The maximum absolute atomic E-state index is 13.0. The minimum Gasteiger partial charge on any atom is -0.354 e. The van der Waals surface area contributed by atoms with Crippen LogP contribution in [0.3, 0.4) is 0 Å². The molecule has 1 fully saturated rings. The van der Waals surface area contributed by atoms with Crippen molar-refractivity contribution in [2.45, 2.75) is 39.7 Å². The van der Waals surface area contributed by atoms with Crippen LogP contribution in [0.4, 0.5) is 5.82 Å². The molecule has 4 rings (SSSR count). The lowest BCUT2D eigenvalue weighted by Crippen LogP contribution is -2.33. The van der Waals surface area contributed by atoms with Crippen molar-refractivity contribution in [1.82, 2.24) is 9.88 Å². The van der Waals surface area contributed by atoms with Crippen LogP contribution < -0.4 is 5.32 Å². The van der Waals surface area contributed by atoms with Gasteiger partial charge in [-0.2, -0.15) is 0 Å². The number of hydrogen-bond acceptors (Lipinski definition) is 4. The summed E-state index contributed by atoms with van der Waals surface area (Å²) >= 11 is 3.32. The summed E-state index contributed by atoms with van der Waals surface area (Å²) in [7, 11) is 0. The first kappa shape index (κ1) is 25.3. The second-order valence-electron chi connectivity index (χ2n) is 8.18. The Bertz CT molecular complexity index is 1180. The van der Waals surface area contributed by atoms with Crippen LogP contribution in [-0.4, -0.2) is 40.0 Å². The highest BCUT2D eigenvalue weighted by molar-refractivity contribution is 9.10. The standard InChI is InChI=1S/C26H25BrN4O2.CH4/c1-17-5-4-14-31(17)25(28)19-10-8-18(9-11-19)23(32)15-20-6-2-3-7-22(20)26(33)30-24-13-12-21(27)16-29-24;/h2-3,6-13,16-17,28H,4-5,14-15H2,1H3,(H,29,30,33);1H4. The molecule has 2 N–H and O–H groups in total. The number of nitrogens with one attached hydrogen (secondary N) is 2. The van der Waals surface area contributed by atoms with E-state index in [1.807, 2.05) is 18.2 Å². The summed E-state index contributed by atoms with van der Waals surface area (Å²) in [5.74, 6) is 0.554. The summed E-state index contributed by atoms with van der Waals surface area (Å²) in [6.07, 6.45) is 3.92. The lowest BCUT2D eigenvalue weighted by atomic mass is 9.97. The zero-order valence-corrected chi connectivity index (χ0v) is 19.9. The summed E-state index contributed by atoms with van der Waals surface area (Å²) in [5.41, 5.74) is 2.46. The number of carbonyl (C=O) groups is 2. The van der Waals surface area contributed by atoms with Crippen LogP contribution in [0.2, 0.25) is 0 Å². The van der Waals surface area contributed by atoms with Crippen molar-refractivity contribution in [3.05, 3.63) is 93.6 Å². The second-order valence-corrected chi connectivity index (χ2v) is 9.10. The zero-order chi connectivity index (χ0) is 23.4. The van der Waals surface area contributed by atoms with E-state index in [2.05, 4.69) is 38.1 Å². The van der Waals surface area contributed by atoms with E-state index in [0.29, 0.717) is 34.4 Å². The topological polar surface area (TPSA) is 86.2 Å². The number of hydrogen-bond donors (Lipinski definition) is 2. The number of Topliss-reactive ketones (excluding diaryl/α,β-unsaturated/α-hetero) is 1. The molecular formula is C27H29BrN4O2. The van der Waals surface area contributed by atoms with Gasteiger partial charge in [-0.3, -0.25) is 15.0 Å². The normalized spacial score (nSPS) is 14.9. The van der Waals surface area contributed by atoms with Crippen LogP contribution in [0.5, 0.6) is 0 Å². The van der Waals surface area contributed by atoms with Gasteiger partial charge in [0.2, 0.25) is 0 Å². The molecular weight excluding hydrogens is 492 g/mol. The van der Waals surface area contributed by atoms with E-state index in [9.17, 15) is 9.59 Å². The Hall–Kier alpha value is -3.32. The van der Waals surface area contributed by atoms with Crippen molar-refractivity contribution >= 4 is 39.3 Å². The Labute approximate surface area is 209 Å². The quantitative estimate of drug-likeness (QED) is 0.238. The van der Waals surface area contributed by atoms with Gasteiger partial charge in [0.15, 0.2) is 5.78 Å². The van der Waals surface area contributed by atoms with E-state index in [4.69, 9.17) is 5.41 Å². The van der Waals surface area contributed by atoms with E-state index in [1.165, 1.54) is 0 Å². The van der Waals surface area contributed by atoms with Crippen molar-refractivity contribution in [2.75, 3.05) is 11.9 Å². The van der Waals surface area contributed by atoms with Crippen LogP contribution in [0.1, 0.15) is 59.0 Å². The lowest BCUT2D eigenvalue weighted by Gasteiger charge is -2.24. The van der Waals surface area contributed by atoms with Crippen LogP contribution in [0.25, 0.3) is 0 Å². The number of rotatable bonds is 6. The molecule has 1 unspecified atom stereocenters. The predicted molar refractivity (Wildman–Crippen MR) is 140 cm³/mol. The maximum atomic E-state index is 13.0. The summed E-state index contributed by atoms with van der Waals surface area (Å²) < 4.78 is 0.822. The van der Waals surface area contributed by atoms with Crippen molar-refractivity contribution in [3.8, 4) is 0 Å². The average Bonchev–Trinajstić information content (AvgIpc) is 3.26. The molecule has 1 saturated heterocycles. The molecule has 0 aliphatic carbocycles. The number of nitrogens with zero attached hydrogens (tertiary/aromatic N) is 2. The van der Waals surface area contributed by atoms with E-state index >= 15 is 0 Å². The molecule has 34 heavy (non-hydrogen) atoms. The highest BCUT2D eigenvalue weighted by Crippen LogP contribution is 2.21. The first-order valence-corrected chi connectivity index (χ1v) is 11.7. The van der Waals surface area contributed by atoms with Gasteiger partial charge in [0.05, 0.1) is 0 Å². The fourth-order valence-corrected chi connectivity index (χ4v) is 4.28. The third kappa shape index (κ3) is 5.78. The number of pyridine rings is 1. The lowest BCUT2D eigenvalue weighted by molar-refractivity contribution is 0.0992. The molecule has 6 nitrogen and oxygen atoms in total. The molecule has 1 aliphatic heterocycles. The third-order valence-electron chi connectivity index (χ3n) is 5.90. The van der Waals surface area contributed by atoms with Crippen molar-refractivity contribution in [3.63, 3.8) is 0 Å². The van der Waals surface area contributed by atoms with Crippen molar-refractivity contribution in [1.29, 1.82) is 5.41 Å². The molecule has 2 aromatic carbocycles. The Kier molecular flexibility index (Phi) is 8.34. The Balaban J connectivity index is 0.00000324. The number of anilines is 1. The molecule has 3 aromatic rings. The molecule has 1 amide bonds. The third-order valence-corrected chi connectivity index (χ3v) is 6.37. The molecule has 1 aromatic heterocycles. The molecule has 2 heterocycles. The minimum absolute atomic E-state index is 0.